The molecule has 21 heavy (non-hydrogen) atoms. The fraction of sp³-hybridized carbons (Fsp3) is 0.500. The smallest absolute Gasteiger partial charge is 0.207 e. The van der Waals surface area contributed by atoms with Crippen LogP contribution in [0.3, 0.4) is 0 Å². The fourth-order valence-electron chi connectivity index (χ4n) is 2.33. The Morgan fingerprint density at radius 2 is 2.10 bits per heavy atom. The predicted molar refractivity (Wildman–Crippen MR) is 72.7 cm³/mol. The Hall–Kier alpha value is -1.52. The highest BCUT2D eigenvalue weighted by Crippen LogP contribution is 2.37. The first-order valence-corrected chi connectivity index (χ1v) is 8.15. The summed E-state index contributed by atoms with van der Waals surface area (Å²) < 4.78 is 53.1. The maximum absolute atomic E-state index is 13.8. The SMILES string of the molecule is C[C@@H](C1CC1)N(CCC#N)S(=O)(=O)c1ccc(F)cc1F. The molecule has 0 unspecified atom stereocenters. The molecule has 0 saturated heterocycles. The quantitative estimate of drug-likeness (QED) is 0.811. The van der Waals surface area contributed by atoms with Crippen molar-refractivity contribution < 1.29 is 17.2 Å². The van der Waals surface area contributed by atoms with Crippen molar-refractivity contribution in [2.75, 3.05) is 6.54 Å². The van der Waals surface area contributed by atoms with Crippen LogP contribution in [0.15, 0.2) is 23.1 Å². The van der Waals surface area contributed by atoms with Gasteiger partial charge >= 0.3 is 0 Å². The third-order valence-electron chi connectivity index (χ3n) is 3.68. The van der Waals surface area contributed by atoms with Crippen LogP contribution in [0.1, 0.15) is 26.2 Å². The average molecular weight is 314 g/mol. The average Bonchev–Trinajstić information content (AvgIpc) is 3.22. The van der Waals surface area contributed by atoms with Crippen molar-refractivity contribution in [2.45, 2.75) is 37.1 Å². The van der Waals surface area contributed by atoms with Crippen LogP contribution in [-0.4, -0.2) is 25.3 Å². The summed E-state index contributed by atoms with van der Waals surface area (Å²) in [6.07, 6.45) is 1.87. The lowest BCUT2D eigenvalue weighted by Gasteiger charge is -2.27. The molecule has 0 N–H and O–H groups in total. The van der Waals surface area contributed by atoms with Crippen LogP contribution in [0, 0.1) is 28.9 Å². The summed E-state index contributed by atoms with van der Waals surface area (Å²) in [5, 5.41) is 8.68. The highest BCUT2D eigenvalue weighted by atomic mass is 32.2. The number of nitrogens with zero attached hydrogens (tertiary/aromatic N) is 2. The molecule has 0 radical (unpaired) electrons. The lowest BCUT2D eigenvalue weighted by atomic mass is 10.2. The topological polar surface area (TPSA) is 61.2 Å². The third kappa shape index (κ3) is 3.39. The number of nitriles is 1. The van der Waals surface area contributed by atoms with Crippen molar-refractivity contribution in [3.8, 4) is 6.07 Å². The number of hydrogen-bond donors (Lipinski definition) is 0. The molecule has 0 heterocycles. The van der Waals surface area contributed by atoms with E-state index in [-0.39, 0.29) is 24.9 Å². The van der Waals surface area contributed by atoms with Crippen LogP contribution in [0.2, 0.25) is 0 Å². The van der Waals surface area contributed by atoms with E-state index >= 15 is 0 Å². The molecule has 1 aliphatic rings. The summed E-state index contributed by atoms with van der Waals surface area (Å²) in [7, 11) is -4.08. The molecule has 0 aromatic heterocycles. The second kappa shape index (κ2) is 6.08. The largest absolute Gasteiger partial charge is 0.246 e. The van der Waals surface area contributed by atoms with Crippen molar-refractivity contribution >= 4 is 10.0 Å². The second-order valence-corrected chi connectivity index (χ2v) is 7.04. The standard InChI is InChI=1S/C14H16F2N2O2S/c1-10(11-3-4-11)18(8-2-7-17)21(19,20)14-6-5-12(15)9-13(14)16/h5-6,9-11H,2-4,8H2,1H3/t10-/m0/s1. The van der Waals surface area contributed by atoms with Crippen molar-refractivity contribution in [2.24, 2.45) is 5.92 Å². The zero-order valence-corrected chi connectivity index (χ0v) is 12.4. The van der Waals surface area contributed by atoms with Gasteiger partial charge < -0.3 is 0 Å². The lowest BCUT2D eigenvalue weighted by Crippen LogP contribution is -2.40. The Bertz CT molecular complexity index is 666. The third-order valence-corrected chi connectivity index (χ3v) is 5.70. The number of benzene rings is 1. The second-order valence-electron chi connectivity index (χ2n) is 5.18. The van der Waals surface area contributed by atoms with Crippen molar-refractivity contribution in [3.63, 3.8) is 0 Å². The van der Waals surface area contributed by atoms with E-state index in [9.17, 15) is 17.2 Å². The zero-order valence-electron chi connectivity index (χ0n) is 11.6. The van der Waals surface area contributed by atoms with Gasteiger partial charge in [0, 0.05) is 25.1 Å². The number of hydrogen-bond acceptors (Lipinski definition) is 3. The highest BCUT2D eigenvalue weighted by Gasteiger charge is 2.38. The fourth-order valence-corrected chi connectivity index (χ4v) is 4.07. The summed E-state index contributed by atoms with van der Waals surface area (Å²) in [5.74, 6) is -1.70. The Morgan fingerprint density at radius 3 is 2.62 bits per heavy atom. The minimum absolute atomic E-state index is 0.00726. The van der Waals surface area contributed by atoms with Crippen LogP contribution in [0.4, 0.5) is 8.78 Å². The molecule has 0 amide bonds. The molecule has 114 valence electrons. The summed E-state index contributed by atoms with van der Waals surface area (Å²) in [4.78, 5) is -0.547. The first-order valence-electron chi connectivity index (χ1n) is 6.71. The molecule has 1 atom stereocenters. The van der Waals surface area contributed by atoms with Crippen LogP contribution in [-0.2, 0) is 10.0 Å². The normalized spacial score (nSPS) is 16.7. The summed E-state index contributed by atoms with van der Waals surface area (Å²) >= 11 is 0. The van der Waals surface area contributed by atoms with Gasteiger partial charge in [0.05, 0.1) is 6.07 Å². The summed E-state index contributed by atoms with van der Waals surface area (Å²) in [5.41, 5.74) is 0. The molecule has 1 aliphatic carbocycles. The molecule has 1 fully saturated rings. The van der Waals surface area contributed by atoms with Gasteiger partial charge in [0.25, 0.3) is 0 Å². The molecule has 1 aromatic carbocycles. The zero-order chi connectivity index (χ0) is 15.6. The lowest BCUT2D eigenvalue weighted by molar-refractivity contribution is 0.313. The monoisotopic (exact) mass is 314 g/mol. The van der Waals surface area contributed by atoms with E-state index in [1.165, 1.54) is 0 Å². The maximum Gasteiger partial charge on any atom is 0.246 e. The first kappa shape index (κ1) is 15.9. The van der Waals surface area contributed by atoms with E-state index in [0.717, 1.165) is 29.3 Å². The van der Waals surface area contributed by atoms with Gasteiger partial charge in [0.1, 0.15) is 16.5 Å². The summed E-state index contributed by atoms with van der Waals surface area (Å²) in [6, 6.07) is 4.00. The minimum atomic E-state index is -4.08. The van der Waals surface area contributed by atoms with Gasteiger partial charge in [-0.2, -0.15) is 9.57 Å². The number of rotatable bonds is 6. The van der Waals surface area contributed by atoms with Gasteiger partial charge in [-0.25, -0.2) is 17.2 Å². The molecule has 1 saturated carbocycles. The minimum Gasteiger partial charge on any atom is -0.207 e. The van der Waals surface area contributed by atoms with Crippen molar-refractivity contribution in [3.05, 3.63) is 29.8 Å². The van der Waals surface area contributed by atoms with Gasteiger partial charge in [0.15, 0.2) is 0 Å². The number of halogens is 2. The van der Waals surface area contributed by atoms with Crippen LogP contribution in [0.25, 0.3) is 0 Å². The molecular formula is C14H16F2N2O2S. The van der Waals surface area contributed by atoms with Crippen molar-refractivity contribution in [1.82, 2.24) is 4.31 Å². The molecule has 4 nitrogen and oxygen atoms in total. The molecular weight excluding hydrogens is 298 g/mol. The Labute approximate surface area is 123 Å². The molecule has 0 spiro atoms. The molecule has 2 rings (SSSR count). The highest BCUT2D eigenvalue weighted by molar-refractivity contribution is 7.89. The summed E-state index contributed by atoms with van der Waals surface area (Å²) in [6.45, 7) is 1.77. The molecule has 7 heteroatoms. The molecule has 1 aromatic rings. The molecule has 0 bridgehead atoms. The van der Waals surface area contributed by atoms with E-state index in [4.69, 9.17) is 5.26 Å². The Morgan fingerprint density at radius 1 is 1.43 bits per heavy atom. The van der Waals surface area contributed by atoms with Crippen molar-refractivity contribution in [1.29, 1.82) is 5.26 Å². The predicted octanol–water partition coefficient (Wildman–Crippen LogP) is 2.67. The van der Waals surface area contributed by atoms with Crippen LogP contribution < -0.4 is 0 Å². The Balaban J connectivity index is 2.38. The van der Waals surface area contributed by atoms with E-state index in [1.54, 1.807) is 6.92 Å². The maximum atomic E-state index is 13.8. The van der Waals surface area contributed by atoms with E-state index in [0.29, 0.717) is 6.07 Å². The van der Waals surface area contributed by atoms with Crippen LogP contribution in [0.5, 0.6) is 0 Å². The van der Waals surface area contributed by atoms with Gasteiger partial charge in [-0.1, -0.05) is 0 Å². The van der Waals surface area contributed by atoms with E-state index < -0.39 is 26.6 Å². The van der Waals surface area contributed by atoms with Gasteiger partial charge in [-0.05, 0) is 37.8 Å². The van der Waals surface area contributed by atoms with E-state index in [2.05, 4.69) is 0 Å². The number of sulfonamides is 1. The van der Waals surface area contributed by atoms with Gasteiger partial charge in [-0.3, -0.25) is 0 Å². The van der Waals surface area contributed by atoms with Gasteiger partial charge in [-0.15, -0.1) is 0 Å². The molecule has 0 aliphatic heterocycles. The van der Waals surface area contributed by atoms with Gasteiger partial charge in [0.2, 0.25) is 10.0 Å². The Kier molecular flexibility index (Phi) is 4.59. The first-order chi connectivity index (χ1) is 9.87. The van der Waals surface area contributed by atoms with Crippen LogP contribution >= 0.6 is 0 Å². The van der Waals surface area contributed by atoms with E-state index in [1.807, 2.05) is 6.07 Å².